The van der Waals surface area contributed by atoms with Crippen LogP contribution in [0.4, 0.5) is 0 Å². The second-order valence-corrected chi connectivity index (χ2v) is 4.73. The number of aryl methyl sites for hydroxylation is 1. The van der Waals surface area contributed by atoms with Crippen molar-refractivity contribution >= 4 is 0 Å². The second kappa shape index (κ2) is 4.88. The van der Waals surface area contributed by atoms with Crippen molar-refractivity contribution in [2.45, 2.75) is 44.6 Å². The molecule has 1 N–H and O–H groups in total. The van der Waals surface area contributed by atoms with Crippen molar-refractivity contribution in [2.24, 2.45) is 0 Å². The van der Waals surface area contributed by atoms with Crippen LogP contribution in [0, 0.1) is 6.92 Å². The Labute approximate surface area is 97.3 Å². The van der Waals surface area contributed by atoms with Crippen LogP contribution in [-0.2, 0) is 0 Å². The van der Waals surface area contributed by atoms with Crippen LogP contribution >= 0.6 is 0 Å². The summed E-state index contributed by atoms with van der Waals surface area (Å²) in [4.78, 5) is 0. The Balaban J connectivity index is 2.12. The van der Waals surface area contributed by atoms with E-state index < -0.39 is 0 Å². The summed E-state index contributed by atoms with van der Waals surface area (Å²) in [5.41, 5.74) is 2.59. The van der Waals surface area contributed by atoms with Gasteiger partial charge in [-0.2, -0.15) is 0 Å². The third kappa shape index (κ3) is 2.38. The number of aliphatic hydroxyl groups excluding tert-OH is 1. The molecule has 0 bridgehead atoms. The first-order chi connectivity index (χ1) is 7.70. The van der Waals surface area contributed by atoms with E-state index in [1.54, 1.807) is 7.11 Å². The summed E-state index contributed by atoms with van der Waals surface area (Å²) in [5, 5.41) is 9.49. The van der Waals surface area contributed by atoms with Gasteiger partial charge in [-0.3, -0.25) is 0 Å². The monoisotopic (exact) mass is 220 g/mol. The van der Waals surface area contributed by atoms with Gasteiger partial charge in [0, 0.05) is 0 Å². The van der Waals surface area contributed by atoms with E-state index in [4.69, 9.17) is 4.74 Å². The molecule has 1 aromatic carbocycles. The molecular formula is C14H20O2. The lowest BCUT2D eigenvalue weighted by molar-refractivity contribution is 0.122. The van der Waals surface area contributed by atoms with E-state index in [0.29, 0.717) is 5.92 Å². The summed E-state index contributed by atoms with van der Waals surface area (Å²) in [6, 6.07) is 6.44. The highest BCUT2D eigenvalue weighted by Crippen LogP contribution is 2.34. The van der Waals surface area contributed by atoms with Crippen molar-refractivity contribution in [1.82, 2.24) is 0 Å². The van der Waals surface area contributed by atoms with Crippen LogP contribution in [0.5, 0.6) is 5.75 Å². The summed E-state index contributed by atoms with van der Waals surface area (Å²) in [6.45, 7) is 2.08. The third-order valence-corrected chi connectivity index (χ3v) is 3.59. The fourth-order valence-corrected chi connectivity index (χ4v) is 2.56. The van der Waals surface area contributed by atoms with Crippen LogP contribution in [0.2, 0.25) is 0 Å². The van der Waals surface area contributed by atoms with Gasteiger partial charge in [0.25, 0.3) is 0 Å². The molecule has 0 saturated heterocycles. The summed E-state index contributed by atoms with van der Waals surface area (Å²) in [7, 11) is 1.71. The van der Waals surface area contributed by atoms with Crippen molar-refractivity contribution in [2.75, 3.05) is 7.11 Å². The minimum Gasteiger partial charge on any atom is -0.496 e. The highest BCUT2D eigenvalue weighted by atomic mass is 16.5. The van der Waals surface area contributed by atoms with Gasteiger partial charge in [0.15, 0.2) is 0 Å². The first-order valence-corrected chi connectivity index (χ1v) is 6.03. The minimum atomic E-state index is -0.0735. The van der Waals surface area contributed by atoms with Gasteiger partial charge in [-0.15, -0.1) is 0 Å². The largest absolute Gasteiger partial charge is 0.496 e. The normalized spacial score (nSPS) is 25.4. The number of hydrogen-bond acceptors (Lipinski definition) is 2. The Morgan fingerprint density at radius 1 is 1.19 bits per heavy atom. The minimum absolute atomic E-state index is 0.0735. The fourth-order valence-electron chi connectivity index (χ4n) is 2.56. The molecule has 1 aliphatic carbocycles. The van der Waals surface area contributed by atoms with Gasteiger partial charge in [-0.25, -0.2) is 0 Å². The van der Waals surface area contributed by atoms with Gasteiger partial charge in [-0.05, 0) is 55.7 Å². The molecule has 0 aliphatic heterocycles. The molecule has 1 saturated carbocycles. The molecule has 0 aromatic heterocycles. The first-order valence-electron chi connectivity index (χ1n) is 6.03. The molecule has 1 aromatic rings. The maximum Gasteiger partial charge on any atom is 0.121 e. The van der Waals surface area contributed by atoms with E-state index >= 15 is 0 Å². The van der Waals surface area contributed by atoms with E-state index in [9.17, 15) is 5.11 Å². The quantitative estimate of drug-likeness (QED) is 0.830. The zero-order valence-corrected chi connectivity index (χ0v) is 10.1. The van der Waals surface area contributed by atoms with Gasteiger partial charge >= 0.3 is 0 Å². The molecule has 88 valence electrons. The molecule has 1 aliphatic rings. The molecule has 0 radical (unpaired) electrons. The topological polar surface area (TPSA) is 29.5 Å². The highest BCUT2D eigenvalue weighted by molar-refractivity contribution is 5.37. The molecule has 0 atom stereocenters. The average Bonchev–Trinajstić information content (AvgIpc) is 2.30. The van der Waals surface area contributed by atoms with E-state index in [-0.39, 0.29) is 6.10 Å². The van der Waals surface area contributed by atoms with E-state index in [0.717, 1.165) is 31.4 Å². The van der Waals surface area contributed by atoms with Crippen LogP contribution in [0.15, 0.2) is 18.2 Å². The van der Waals surface area contributed by atoms with Crippen molar-refractivity contribution in [3.63, 3.8) is 0 Å². The van der Waals surface area contributed by atoms with Crippen molar-refractivity contribution in [3.8, 4) is 5.75 Å². The number of hydrogen-bond donors (Lipinski definition) is 1. The average molecular weight is 220 g/mol. The Morgan fingerprint density at radius 2 is 1.88 bits per heavy atom. The zero-order valence-electron chi connectivity index (χ0n) is 10.1. The van der Waals surface area contributed by atoms with Crippen LogP contribution < -0.4 is 4.74 Å². The lowest BCUT2D eigenvalue weighted by atomic mass is 9.82. The highest BCUT2D eigenvalue weighted by Gasteiger charge is 2.20. The Morgan fingerprint density at radius 3 is 2.44 bits per heavy atom. The van der Waals surface area contributed by atoms with Gasteiger partial charge in [-0.1, -0.05) is 12.1 Å². The molecule has 2 rings (SSSR count). The first kappa shape index (κ1) is 11.5. The molecule has 2 nitrogen and oxygen atoms in total. The third-order valence-electron chi connectivity index (χ3n) is 3.59. The lowest BCUT2D eigenvalue weighted by Crippen LogP contribution is -2.17. The number of rotatable bonds is 2. The van der Waals surface area contributed by atoms with Crippen molar-refractivity contribution < 1.29 is 9.84 Å². The second-order valence-electron chi connectivity index (χ2n) is 4.73. The maximum absolute atomic E-state index is 9.49. The lowest BCUT2D eigenvalue weighted by Gasteiger charge is -2.26. The van der Waals surface area contributed by atoms with Gasteiger partial charge < -0.3 is 9.84 Å². The van der Waals surface area contributed by atoms with Gasteiger partial charge in [0.1, 0.15) is 5.75 Å². The molecule has 0 heterocycles. The SMILES string of the molecule is COc1ccc([C@H]2CC[C@@H](O)CC2)cc1C. The van der Waals surface area contributed by atoms with E-state index in [1.165, 1.54) is 11.1 Å². The molecule has 0 amide bonds. The van der Waals surface area contributed by atoms with Gasteiger partial charge in [0.05, 0.1) is 13.2 Å². The Bertz CT molecular complexity index is 352. The molecule has 0 unspecified atom stereocenters. The Kier molecular flexibility index (Phi) is 3.49. The maximum atomic E-state index is 9.49. The number of methoxy groups -OCH3 is 1. The number of ether oxygens (including phenoxy) is 1. The molecule has 0 spiro atoms. The van der Waals surface area contributed by atoms with Crippen molar-refractivity contribution in [3.05, 3.63) is 29.3 Å². The zero-order chi connectivity index (χ0) is 11.5. The predicted octanol–water partition coefficient (Wildman–Crippen LogP) is 3.02. The van der Waals surface area contributed by atoms with Crippen LogP contribution in [0.3, 0.4) is 0 Å². The van der Waals surface area contributed by atoms with Crippen LogP contribution in [0.25, 0.3) is 0 Å². The molecule has 1 fully saturated rings. The number of aliphatic hydroxyl groups is 1. The number of benzene rings is 1. The predicted molar refractivity (Wildman–Crippen MR) is 64.9 cm³/mol. The summed E-state index contributed by atoms with van der Waals surface area (Å²) in [5.74, 6) is 1.58. The standard InChI is InChI=1S/C14H20O2/c1-10-9-12(5-8-14(10)16-2)11-3-6-13(15)7-4-11/h5,8-9,11,13,15H,3-4,6-7H2,1-2H3/t11-,13+. The van der Waals surface area contributed by atoms with Crippen molar-refractivity contribution in [1.29, 1.82) is 0 Å². The fraction of sp³-hybridized carbons (Fsp3) is 0.571. The summed E-state index contributed by atoms with van der Waals surface area (Å²) in [6.07, 6.45) is 4.02. The van der Waals surface area contributed by atoms with E-state index in [2.05, 4.69) is 25.1 Å². The molecule has 16 heavy (non-hydrogen) atoms. The van der Waals surface area contributed by atoms with E-state index in [1.807, 2.05) is 0 Å². The van der Waals surface area contributed by atoms with Crippen LogP contribution in [-0.4, -0.2) is 18.3 Å². The summed E-state index contributed by atoms with van der Waals surface area (Å²) >= 11 is 0. The smallest absolute Gasteiger partial charge is 0.121 e. The Hall–Kier alpha value is -1.02. The van der Waals surface area contributed by atoms with Crippen LogP contribution in [0.1, 0.15) is 42.7 Å². The summed E-state index contributed by atoms with van der Waals surface area (Å²) < 4.78 is 5.26. The molecular weight excluding hydrogens is 200 g/mol. The van der Waals surface area contributed by atoms with Gasteiger partial charge in [0.2, 0.25) is 0 Å². The molecule has 2 heteroatoms.